The molecule has 0 atom stereocenters. The zero-order valence-corrected chi connectivity index (χ0v) is 10.5. The first-order valence-electron chi connectivity index (χ1n) is 5.24. The van der Waals surface area contributed by atoms with Gasteiger partial charge in [0, 0.05) is 28.7 Å². The van der Waals surface area contributed by atoms with Crippen LogP contribution in [0.2, 0.25) is 5.02 Å². The molecule has 0 aliphatic heterocycles. The van der Waals surface area contributed by atoms with E-state index in [2.05, 4.69) is 0 Å². The van der Waals surface area contributed by atoms with Gasteiger partial charge in [-0.15, -0.1) is 0 Å². The fraction of sp³-hybridized carbons (Fsp3) is 0.154. The SMILES string of the molecule is Cc1cc(-n2cc(N)ccc2=O)cc(C)c1Cl. The molecule has 0 aliphatic rings. The van der Waals surface area contributed by atoms with Gasteiger partial charge in [-0.25, -0.2) is 0 Å². The number of nitrogens with two attached hydrogens (primary N) is 1. The van der Waals surface area contributed by atoms with E-state index in [4.69, 9.17) is 17.3 Å². The largest absolute Gasteiger partial charge is 0.398 e. The van der Waals surface area contributed by atoms with Gasteiger partial charge in [0.05, 0.1) is 0 Å². The standard InChI is InChI=1S/C13H13ClN2O/c1-8-5-11(6-9(2)13(8)14)16-7-10(15)3-4-12(16)17/h3-7H,15H2,1-2H3. The molecule has 0 saturated heterocycles. The number of hydrogen-bond acceptors (Lipinski definition) is 2. The second-order valence-electron chi connectivity index (χ2n) is 4.06. The maximum Gasteiger partial charge on any atom is 0.255 e. The Kier molecular flexibility index (Phi) is 2.94. The Morgan fingerprint density at radius 2 is 1.76 bits per heavy atom. The van der Waals surface area contributed by atoms with Crippen molar-refractivity contribution in [1.29, 1.82) is 0 Å². The van der Waals surface area contributed by atoms with Crippen molar-refractivity contribution >= 4 is 17.3 Å². The van der Waals surface area contributed by atoms with Crippen LogP contribution in [0.1, 0.15) is 11.1 Å². The molecule has 1 aromatic heterocycles. The average molecular weight is 249 g/mol. The highest BCUT2D eigenvalue weighted by Gasteiger charge is 2.05. The Morgan fingerprint density at radius 1 is 1.18 bits per heavy atom. The van der Waals surface area contributed by atoms with Crippen molar-refractivity contribution in [3.05, 3.63) is 57.0 Å². The van der Waals surface area contributed by atoms with E-state index in [9.17, 15) is 4.79 Å². The number of rotatable bonds is 1. The molecule has 4 heteroatoms. The van der Waals surface area contributed by atoms with Gasteiger partial charge in [0.25, 0.3) is 5.56 Å². The van der Waals surface area contributed by atoms with E-state index in [-0.39, 0.29) is 5.56 Å². The highest BCUT2D eigenvalue weighted by Crippen LogP contribution is 2.23. The number of nitrogens with zero attached hydrogens (tertiary/aromatic N) is 1. The van der Waals surface area contributed by atoms with Gasteiger partial charge in [0.1, 0.15) is 0 Å². The zero-order chi connectivity index (χ0) is 12.6. The first-order valence-corrected chi connectivity index (χ1v) is 5.62. The summed E-state index contributed by atoms with van der Waals surface area (Å²) in [4.78, 5) is 11.8. The molecule has 2 aromatic rings. The second-order valence-corrected chi connectivity index (χ2v) is 4.44. The van der Waals surface area contributed by atoms with E-state index < -0.39 is 0 Å². The van der Waals surface area contributed by atoms with Gasteiger partial charge in [-0.2, -0.15) is 0 Å². The summed E-state index contributed by atoms with van der Waals surface area (Å²) in [5.74, 6) is 0. The molecule has 0 unspecified atom stereocenters. The van der Waals surface area contributed by atoms with Crippen molar-refractivity contribution in [1.82, 2.24) is 4.57 Å². The molecule has 2 rings (SSSR count). The molecule has 0 radical (unpaired) electrons. The van der Waals surface area contributed by atoms with Crippen molar-refractivity contribution in [2.24, 2.45) is 0 Å². The molecule has 0 aliphatic carbocycles. The molecule has 0 fully saturated rings. The van der Waals surface area contributed by atoms with Crippen LogP contribution < -0.4 is 11.3 Å². The third-order valence-electron chi connectivity index (χ3n) is 2.63. The predicted molar refractivity (Wildman–Crippen MR) is 70.9 cm³/mol. The van der Waals surface area contributed by atoms with E-state index in [1.54, 1.807) is 12.3 Å². The van der Waals surface area contributed by atoms with Gasteiger partial charge < -0.3 is 5.73 Å². The van der Waals surface area contributed by atoms with Crippen molar-refractivity contribution in [3.8, 4) is 5.69 Å². The minimum absolute atomic E-state index is 0.111. The third-order valence-corrected chi connectivity index (χ3v) is 3.23. The van der Waals surface area contributed by atoms with Crippen LogP contribution in [0, 0.1) is 13.8 Å². The number of hydrogen-bond donors (Lipinski definition) is 1. The number of anilines is 1. The first kappa shape index (κ1) is 11.7. The van der Waals surface area contributed by atoms with Gasteiger partial charge in [0.15, 0.2) is 0 Å². The fourth-order valence-corrected chi connectivity index (χ4v) is 1.88. The summed E-state index contributed by atoms with van der Waals surface area (Å²) in [5.41, 5.74) is 8.79. The van der Waals surface area contributed by atoms with Crippen LogP contribution in [0.25, 0.3) is 5.69 Å². The van der Waals surface area contributed by atoms with E-state index in [0.29, 0.717) is 5.69 Å². The van der Waals surface area contributed by atoms with Gasteiger partial charge in [-0.05, 0) is 43.2 Å². The fourth-order valence-electron chi connectivity index (χ4n) is 1.77. The number of pyridine rings is 1. The lowest BCUT2D eigenvalue weighted by molar-refractivity contribution is 0.988. The maximum absolute atomic E-state index is 11.8. The Labute approximate surface area is 104 Å². The van der Waals surface area contributed by atoms with Crippen LogP contribution in [0.15, 0.2) is 35.3 Å². The molecule has 1 aromatic carbocycles. The second kappa shape index (κ2) is 4.26. The molecule has 0 saturated carbocycles. The van der Waals surface area contributed by atoms with Crippen LogP contribution >= 0.6 is 11.6 Å². The smallest absolute Gasteiger partial charge is 0.255 e. The molecule has 3 nitrogen and oxygen atoms in total. The van der Waals surface area contributed by atoms with Gasteiger partial charge in [-0.1, -0.05) is 11.6 Å². The summed E-state index contributed by atoms with van der Waals surface area (Å²) in [6.07, 6.45) is 1.62. The van der Waals surface area contributed by atoms with E-state index in [1.807, 2.05) is 26.0 Å². The lowest BCUT2D eigenvalue weighted by Gasteiger charge is -2.10. The highest BCUT2D eigenvalue weighted by molar-refractivity contribution is 6.32. The average Bonchev–Trinajstić information content (AvgIpc) is 2.28. The number of aryl methyl sites for hydroxylation is 2. The Hall–Kier alpha value is -1.74. The lowest BCUT2D eigenvalue weighted by atomic mass is 10.1. The van der Waals surface area contributed by atoms with Crippen molar-refractivity contribution in [2.45, 2.75) is 13.8 Å². The molecule has 0 spiro atoms. The summed E-state index contributed by atoms with van der Waals surface area (Å²) < 4.78 is 1.52. The van der Waals surface area contributed by atoms with Crippen molar-refractivity contribution < 1.29 is 0 Å². The van der Waals surface area contributed by atoms with Gasteiger partial charge in [0.2, 0.25) is 0 Å². The molecular weight excluding hydrogens is 236 g/mol. The normalized spacial score (nSPS) is 10.5. The summed E-state index contributed by atoms with van der Waals surface area (Å²) >= 11 is 6.10. The molecule has 0 bridgehead atoms. The van der Waals surface area contributed by atoms with Crippen molar-refractivity contribution in [2.75, 3.05) is 5.73 Å². The highest BCUT2D eigenvalue weighted by atomic mass is 35.5. The monoisotopic (exact) mass is 248 g/mol. The molecular formula is C13H13ClN2O. The zero-order valence-electron chi connectivity index (χ0n) is 9.70. The summed E-state index contributed by atoms with van der Waals surface area (Å²) in [6.45, 7) is 3.83. The maximum atomic E-state index is 11.8. The topological polar surface area (TPSA) is 48.0 Å². The quantitative estimate of drug-likeness (QED) is 0.844. The van der Waals surface area contributed by atoms with Crippen LogP contribution in [0.3, 0.4) is 0 Å². The summed E-state index contributed by atoms with van der Waals surface area (Å²) in [7, 11) is 0. The summed E-state index contributed by atoms with van der Waals surface area (Å²) in [6, 6.07) is 6.79. The van der Waals surface area contributed by atoms with Crippen LogP contribution in [-0.4, -0.2) is 4.57 Å². The Morgan fingerprint density at radius 3 is 2.35 bits per heavy atom. The molecule has 88 valence electrons. The molecule has 0 amide bonds. The van der Waals surface area contributed by atoms with Crippen LogP contribution in [0.5, 0.6) is 0 Å². The lowest BCUT2D eigenvalue weighted by Crippen LogP contribution is -2.17. The number of nitrogen functional groups attached to an aromatic ring is 1. The number of benzene rings is 1. The van der Waals surface area contributed by atoms with E-state index in [0.717, 1.165) is 21.8 Å². The minimum atomic E-state index is -0.111. The van der Waals surface area contributed by atoms with E-state index in [1.165, 1.54) is 10.6 Å². The predicted octanol–water partition coefficient (Wildman–Crippen LogP) is 2.69. The molecule has 2 N–H and O–H groups in total. The van der Waals surface area contributed by atoms with Gasteiger partial charge in [-0.3, -0.25) is 9.36 Å². The van der Waals surface area contributed by atoms with Crippen LogP contribution in [-0.2, 0) is 0 Å². The van der Waals surface area contributed by atoms with Crippen molar-refractivity contribution in [3.63, 3.8) is 0 Å². The summed E-state index contributed by atoms with van der Waals surface area (Å²) in [5, 5.41) is 0.728. The van der Waals surface area contributed by atoms with Crippen LogP contribution in [0.4, 0.5) is 5.69 Å². The first-order chi connectivity index (χ1) is 7.99. The van der Waals surface area contributed by atoms with Gasteiger partial charge >= 0.3 is 0 Å². The minimum Gasteiger partial charge on any atom is -0.398 e. The third kappa shape index (κ3) is 2.19. The molecule has 1 heterocycles. The molecule has 17 heavy (non-hydrogen) atoms. The number of halogens is 1. The Balaban J connectivity index is 2.69. The van der Waals surface area contributed by atoms with E-state index >= 15 is 0 Å². The number of aromatic nitrogens is 1. The Bertz CT molecular complexity index is 609.